The lowest BCUT2D eigenvalue weighted by Crippen LogP contribution is -2.49. The van der Waals surface area contributed by atoms with Crippen LogP contribution in [0.2, 0.25) is 0 Å². The zero-order valence-electron chi connectivity index (χ0n) is 18.1. The number of amides is 4. The van der Waals surface area contributed by atoms with Gasteiger partial charge in [-0.15, -0.1) is 11.3 Å². The lowest BCUT2D eigenvalue weighted by Gasteiger charge is -2.32. The summed E-state index contributed by atoms with van der Waals surface area (Å²) in [5.41, 5.74) is 2.97. The lowest BCUT2D eigenvalue weighted by atomic mass is 10.1. The molecule has 4 amide bonds. The predicted molar refractivity (Wildman–Crippen MR) is 129 cm³/mol. The van der Waals surface area contributed by atoms with E-state index < -0.39 is 0 Å². The van der Waals surface area contributed by atoms with Crippen LogP contribution in [0.1, 0.15) is 28.1 Å². The lowest BCUT2D eigenvalue weighted by molar-refractivity contribution is -0.127. The number of rotatable bonds is 4. The van der Waals surface area contributed by atoms with E-state index in [1.807, 2.05) is 31.2 Å². The Morgan fingerprint density at radius 3 is 2.97 bits per heavy atom. The van der Waals surface area contributed by atoms with Crippen molar-refractivity contribution in [2.75, 3.05) is 23.3 Å². The van der Waals surface area contributed by atoms with Crippen LogP contribution in [0.4, 0.5) is 21.9 Å². The van der Waals surface area contributed by atoms with E-state index in [2.05, 4.69) is 22.2 Å². The maximum Gasteiger partial charge on any atom is 0.331 e. The molecule has 5 rings (SSSR count). The highest BCUT2D eigenvalue weighted by Crippen LogP contribution is 2.45. The molecule has 2 aliphatic rings. The molecule has 0 radical (unpaired) electrons. The van der Waals surface area contributed by atoms with E-state index in [9.17, 15) is 14.4 Å². The molecular formula is C24H23N5O3S. The summed E-state index contributed by atoms with van der Waals surface area (Å²) in [4.78, 5) is 47.2. The molecule has 2 N–H and O–H groups in total. The van der Waals surface area contributed by atoms with Crippen molar-refractivity contribution in [2.24, 2.45) is 0 Å². The van der Waals surface area contributed by atoms with Crippen molar-refractivity contribution in [1.29, 1.82) is 0 Å². The number of nitrogens with one attached hydrogen (secondary N) is 2. The Morgan fingerprint density at radius 2 is 2.18 bits per heavy atom. The van der Waals surface area contributed by atoms with Gasteiger partial charge in [-0.1, -0.05) is 18.7 Å². The first-order chi connectivity index (χ1) is 16.0. The van der Waals surface area contributed by atoms with Crippen molar-refractivity contribution >= 4 is 56.5 Å². The van der Waals surface area contributed by atoms with Crippen molar-refractivity contribution in [2.45, 2.75) is 25.8 Å². The number of thiophene rings is 1. The van der Waals surface area contributed by atoms with Crippen LogP contribution in [-0.4, -0.2) is 46.9 Å². The number of benzene rings is 1. The zero-order chi connectivity index (χ0) is 23.1. The molecule has 0 aliphatic carbocycles. The number of piperidine rings is 1. The Balaban J connectivity index is 1.48. The number of hydrogen-bond donors (Lipinski definition) is 2. The molecule has 0 bridgehead atoms. The van der Waals surface area contributed by atoms with Gasteiger partial charge in [0.2, 0.25) is 5.91 Å². The number of carbonyl (C=O) groups is 3. The fourth-order valence-electron chi connectivity index (χ4n) is 4.44. The smallest absolute Gasteiger partial charge is 0.331 e. The Morgan fingerprint density at radius 1 is 1.33 bits per heavy atom. The summed E-state index contributed by atoms with van der Waals surface area (Å²) in [6, 6.07) is 9.00. The quantitative estimate of drug-likeness (QED) is 0.570. The summed E-state index contributed by atoms with van der Waals surface area (Å²) in [5, 5.41) is 6.70. The van der Waals surface area contributed by atoms with Crippen LogP contribution in [0.15, 0.2) is 49.2 Å². The normalized spacial score (nSPS) is 17.6. The number of likely N-dealkylation sites (tertiary alicyclic amines) is 1. The van der Waals surface area contributed by atoms with Gasteiger partial charge in [-0.05, 0) is 49.6 Å². The number of anilines is 3. The number of hydrogen-bond acceptors (Lipinski definition) is 5. The van der Waals surface area contributed by atoms with Crippen LogP contribution < -0.4 is 15.5 Å². The fraction of sp³-hybridized carbons (Fsp3) is 0.250. The zero-order valence-corrected chi connectivity index (χ0v) is 18.9. The van der Waals surface area contributed by atoms with Crippen molar-refractivity contribution in [1.82, 2.24) is 15.2 Å². The molecule has 168 valence electrons. The molecule has 8 nitrogen and oxygen atoms in total. The summed E-state index contributed by atoms with van der Waals surface area (Å²) in [6.45, 7) is 6.61. The second-order valence-electron chi connectivity index (χ2n) is 8.22. The Kier molecular flexibility index (Phi) is 5.33. The first kappa shape index (κ1) is 21.1. The van der Waals surface area contributed by atoms with Crippen molar-refractivity contribution < 1.29 is 14.4 Å². The molecule has 33 heavy (non-hydrogen) atoms. The van der Waals surface area contributed by atoms with E-state index in [0.717, 1.165) is 29.5 Å². The van der Waals surface area contributed by atoms with Crippen LogP contribution in [-0.2, 0) is 4.79 Å². The maximum atomic E-state index is 13.2. The van der Waals surface area contributed by atoms with E-state index in [1.165, 1.54) is 17.4 Å². The van der Waals surface area contributed by atoms with Crippen LogP contribution in [0, 0.1) is 6.92 Å². The van der Waals surface area contributed by atoms with Gasteiger partial charge in [0.05, 0.1) is 22.4 Å². The predicted octanol–water partition coefficient (Wildman–Crippen LogP) is 4.20. The second-order valence-corrected chi connectivity index (χ2v) is 9.22. The number of aryl methyl sites for hydroxylation is 1. The minimum absolute atomic E-state index is 0.136. The van der Waals surface area contributed by atoms with Gasteiger partial charge in [-0.25, -0.2) is 9.78 Å². The third-order valence-corrected chi connectivity index (χ3v) is 7.05. The standard InChI is InChI=1S/C24H23N5O3S/c1-3-18(30)28-11-5-7-15(13-28)26-22(31)21-20-19-17(9-10-25-23(19)33-21)29(24(32)27-20)16-8-4-6-14(2)12-16/h3-4,6,8-10,12,15H,1,5,7,11,13H2,2H3,(H,26,31)(H,27,32)/t15-/m1/s1. The molecule has 1 atom stereocenters. The highest BCUT2D eigenvalue weighted by atomic mass is 32.1. The SMILES string of the molecule is C=CC(=O)N1CCC[C@@H](NC(=O)c2sc3nccc4c3c2NC(=O)N4c2cccc(C)c2)C1. The minimum atomic E-state index is -0.325. The fourth-order valence-corrected chi connectivity index (χ4v) is 5.47. The van der Waals surface area contributed by atoms with Crippen LogP contribution >= 0.6 is 11.3 Å². The molecular weight excluding hydrogens is 438 g/mol. The van der Waals surface area contributed by atoms with E-state index in [-0.39, 0.29) is 23.9 Å². The van der Waals surface area contributed by atoms with Gasteiger partial charge in [0, 0.05) is 25.3 Å². The summed E-state index contributed by atoms with van der Waals surface area (Å²) in [5.74, 6) is -0.413. The molecule has 0 unspecified atom stereocenters. The maximum absolute atomic E-state index is 13.2. The Bertz CT molecular complexity index is 1300. The number of aromatic nitrogens is 1. The van der Waals surface area contributed by atoms with Crippen LogP contribution in [0.25, 0.3) is 10.2 Å². The van der Waals surface area contributed by atoms with Gasteiger partial charge in [0.1, 0.15) is 9.71 Å². The molecule has 4 heterocycles. The molecule has 0 spiro atoms. The molecule has 1 fully saturated rings. The van der Waals surface area contributed by atoms with Crippen LogP contribution in [0.3, 0.4) is 0 Å². The number of urea groups is 1. The molecule has 1 saturated heterocycles. The number of carbonyl (C=O) groups excluding carboxylic acids is 3. The Hall–Kier alpha value is -3.72. The first-order valence-electron chi connectivity index (χ1n) is 10.8. The molecule has 1 aromatic carbocycles. The number of pyridine rings is 1. The van der Waals surface area contributed by atoms with E-state index in [0.29, 0.717) is 34.2 Å². The summed E-state index contributed by atoms with van der Waals surface area (Å²) in [7, 11) is 0. The second kappa shape index (κ2) is 8.32. The van der Waals surface area contributed by atoms with Gasteiger partial charge in [0.15, 0.2) is 0 Å². The van der Waals surface area contributed by atoms with Gasteiger partial charge in [0.25, 0.3) is 5.91 Å². The molecule has 0 saturated carbocycles. The largest absolute Gasteiger partial charge is 0.347 e. The minimum Gasteiger partial charge on any atom is -0.347 e. The average Bonchev–Trinajstić information content (AvgIpc) is 3.18. The van der Waals surface area contributed by atoms with Gasteiger partial charge in [-0.2, -0.15) is 0 Å². The van der Waals surface area contributed by atoms with Gasteiger partial charge in [-0.3, -0.25) is 14.5 Å². The highest BCUT2D eigenvalue weighted by Gasteiger charge is 2.33. The molecule has 3 aromatic rings. The van der Waals surface area contributed by atoms with Gasteiger partial charge >= 0.3 is 6.03 Å². The molecule has 2 aromatic heterocycles. The van der Waals surface area contributed by atoms with Crippen molar-refractivity contribution in [3.8, 4) is 0 Å². The third kappa shape index (κ3) is 3.74. The van der Waals surface area contributed by atoms with E-state index in [4.69, 9.17) is 0 Å². The van der Waals surface area contributed by atoms with Gasteiger partial charge < -0.3 is 15.5 Å². The van der Waals surface area contributed by atoms with Crippen LogP contribution in [0.5, 0.6) is 0 Å². The summed E-state index contributed by atoms with van der Waals surface area (Å²) < 4.78 is 0. The summed E-state index contributed by atoms with van der Waals surface area (Å²) >= 11 is 1.25. The monoisotopic (exact) mass is 461 g/mol. The first-order valence-corrected chi connectivity index (χ1v) is 11.6. The molecule has 9 heteroatoms. The highest BCUT2D eigenvalue weighted by molar-refractivity contribution is 7.21. The van der Waals surface area contributed by atoms with E-state index in [1.54, 1.807) is 22.1 Å². The third-order valence-electron chi connectivity index (χ3n) is 5.95. The molecule has 2 aliphatic heterocycles. The average molecular weight is 462 g/mol. The van der Waals surface area contributed by atoms with Crippen molar-refractivity contribution in [3.05, 3.63) is 59.6 Å². The topological polar surface area (TPSA) is 94.6 Å². The van der Waals surface area contributed by atoms with E-state index >= 15 is 0 Å². The Labute approximate surface area is 194 Å². The summed E-state index contributed by atoms with van der Waals surface area (Å²) in [6.07, 6.45) is 4.53. The van der Waals surface area contributed by atoms with Crippen molar-refractivity contribution in [3.63, 3.8) is 0 Å². The number of nitrogens with zero attached hydrogens (tertiary/aromatic N) is 3.